The number of carbonyl (C=O) groups excluding carboxylic acids is 2. The van der Waals surface area contributed by atoms with Crippen LogP contribution in [0.2, 0.25) is 0 Å². The maximum absolute atomic E-state index is 13.0. The van der Waals surface area contributed by atoms with Crippen LogP contribution in [-0.2, 0) is 28.5 Å². The fourth-order valence-corrected chi connectivity index (χ4v) is 7.20. The molecule has 0 aromatic heterocycles. The molecule has 12 heteroatoms. The normalized spacial score (nSPS) is 12.6. The first kappa shape index (κ1) is 59.7. The lowest BCUT2D eigenvalue weighted by molar-refractivity contribution is -0.154. The quantitative estimate of drug-likeness (QED) is 0.0264. The van der Waals surface area contributed by atoms with Gasteiger partial charge in [-0.2, -0.15) is 0 Å². The molecule has 0 saturated carbocycles. The number of hydrogen-bond donors (Lipinski definition) is 2. The zero-order chi connectivity index (χ0) is 45.7. The van der Waals surface area contributed by atoms with Gasteiger partial charge in [0, 0.05) is 25.9 Å². The van der Waals surface area contributed by atoms with Gasteiger partial charge in [-0.05, 0) is 156 Å². The summed E-state index contributed by atoms with van der Waals surface area (Å²) in [5.74, 6) is -0.606. The molecular weight excluding hydrogens is 817 g/mol. The second-order valence-electron chi connectivity index (χ2n) is 17.4. The highest BCUT2D eigenvalue weighted by molar-refractivity contribution is 7.80. The highest BCUT2D eigenvalue weighted by Gasteiger charge is 2.30. The highest BCUT2D eigenvalue weighted by atomic mass is 32.1. The molecule has 0 saturated heterocycles. The van der Waals surface area contributed by atoms with E-state index in [1.807, 2.05) is 0 Å². The Morgan fingerprint density at radius 1 is 0.468 bits per heavy atom. The Morgan fingerprint density at radius 2 is 0.790 bits per heavy atom. The van der Waals surface area contributed by atoms with Crippen molar-refractivity contribution in [3.63, 3.8) is 0 Å². The largest absolute Gasteiger partial charge is 0.462 e. The summed E-state index contributed by atoms with van der Waals surface area (Å²) in [5, 5.41) is 6.71. The minimum Gasteiger partial charge on any atom is -0.462 e. The van der Waals surface area contributed by atoms with Crippen molar-refractivity contribution in [2.24, 2.45) is 0 Å². The summed E-state index contributed by atoms with van der Waals surface area (Å²) in [4.78, 5) is 30.3. The molecular formula is C50H94N4O6S2. The summed E-state index contributed by atoms with van der Waals surface area (Å²) < 4.78 is 24.0. The number of allylic oxidation sites excluding steroid dienone is 4. The lowest BCUT2D eigenvalue weighted by atomic mass is 10.1. The van der Waals surface area contributed by atoms with Crippen LogP contribution in [-0.4, -0.2) is 112 Å². The molecule has 0 amide bonds. The first-order chi connectivity index (χ1) is 30.1. The molecule has 2 N–H and O–H groups in total. The van der Waals surface area contributed by atoms with Gasteiger partial charge in [-0.3, -0.25) is 9.59 Å². The molecule has 362 valence electrons. The van der Waals surface area contributed by atoms with Crippen molar-refractivity contribution >= 4 is 46.7 Å². The Kier molecular flexibility index (Phi) is 43.6. The van der Waals surface area contributed by atoms with Crippen molar-refractivity contribution in [1.29, 1.82) is 0 Å². The van der Waals surface area contributed by atoms with E-state index in [2.05, 4.69) is 86.8 Å². The van der Waals surface area contributed by atoms with Gasteiger partial charge in [-0.15, -0.1) is 0 Å². The SMILES string of the molecule is CCCCCC/C=C\CCCCCCCC(=O)OCC(OC(=S)NCCCCN(C)C)C(COC(=O)CCCCCCC/C=C\CCCCCC)OC(=S)NCCCCN(C)C. The third-order valence-corrected chi connectivity index (χ3v) is 11.1. The van der Waals surface area contributed by atoms with Gasteiger partial charge in [-0.1, -0.05) is 115 Å². The molecule has 62 heavy (non-hydrogen) atoms. The zero-order valence-corrected chi connectivity index (χ0v) is 42.3. The van der Waals surface area contributed by atoms with Crippen molar-refractivity contribution in [1.82, 2.24) is 20.4 Å². The molecule has 0 aliphatic rings. The third-order valence-electron chi connectivity index (χ3n) is 10.6. The standard InChI is InChI=1S/C50H94N4O6S2/c1-7-9-11-13-15-17-19-21-23-25-27-29-31-37-47(55)57-43-45(59-49(61)51-39-33-35-41-53(3)4)46(60-50(62)52-40-34-36-42-54(5)6)44-58-48(56)38-32-30-28-26-24-22-20-18-16-14-12-10-8-2/h17-20,45-46H,7-16,21-44H2,1-6H3,(H,51,61)(H,52,62)/b19-17-,20-18-. The highest BCUT2D eigenvalue weighted by Crippen LogP contribution is 2.14. The number of esters is 2. The minimum atomic E-state index is -0.855. The van der Waals surface area contributed by atoms with Gasteiger partial charge in [0.1, 0.15) is 13.2 Å². The fourth-order valence-electron chi connectivity index (χ4n) is 6.75. The molecule has 0 aliphatic carbocycles. The molecule has 0 bridgehead atoms. The number of thiocarbonyl (C=S) groups is 2. The predicted octanol–water partition coefficient (Wildman–Crippen LogP) is 11.8. The second kappa shape index (κ2) is 45.3. The predicted molar refractivity (Wildman–Crippen MR) is 269 cm³/mol. The molecule has 0 aromatic carbocycles. The van der Waals surface area contributed by atoms with Crippen LogP contribution in [0.15, 0.2) is 24.3 Å². The molecule has 0 aromatic rings. The number of nitrogens with one attached hydrogen (secondary N) is 2. The Balaban J connectivity index is 5.25. The Labute approximate surface area is 391 Å². The van der Waals surface area contributed by atoms with Gasteiger partial charge in [0.15, 0.2) is 12.2 Å². The van der Waals surface area contributed by atoms with Crippen LogP contribution < -0.4 is 10.6 Å². The molecule has 0 spiro atoms. The number of unbranched alkanes of at least 4 members (excludes halogenated alkanes) is 20. The maximum atomic E-state index is 13.0. The summed E-state index contributed by atoms with van der Waals surface area (Å²) >= 11 is 11.2. The smallest absolute Gasteiger partial charge is 0.305 e. The summed E-state index contributed by atoms with van der Waals surface area (Å²) in [7, 11) is 8.21. The summed E-state index contributed by atoms with van der Waals surface area (Å²) in [6.07, 6.45) is 37.4. The average molecular weight is 911 g/mol. The number of rotatable bonds is 43. The van der Waals surface area contributed by atoms with Crippen LogP contribution in [0.3, 0.4) is 0 Å². The molecule has 0 radical (unpaired) electrons. The van der Waals surface area contributed by atoms with E-state index in [-0.39, 0.29) is 35.5 Å². The summed E-state index contributed by atoms with van der Waals surface area (Å²) in [5.41, 5.74) is 0. The van der Waals surface area contributed by atoms with Gasteiger partial charge in [0.05, 0.1) is 0 Å². The van der Waals surface area contributed by atoms with Crippen LogP contribution in [0.25, 0.3) is 0 Å². The van der Waals surface area contributed by atoms with Crippen molar-refractivity contribution in [3.8, 4) is 0 Å². The number of hydrogen-bond acceptors (Lipinski definition) is 10. The molecule has 0 aliphatic heterocycles. The summed E-state index contributed by atoms with van der Waals surface area (Å²) in [6.45, 7) is 7.48. The van der Waals surface area contributed by atoms with E-state index in [0.717, 1.165) is 103 Å². The maximum Gasteiger partial charge on any atom is 0.305 e. The van der Waals surface area contributed by atoms with Gasteiger partial charge in [0.2, 0.25) is 0 Å². The summed E-state index contributed by atoms with van der Waals surface area (Å²) in [6, 6.07) is 0. The van der Waals surface area contributed by atoms with Crippen molar-refractivity contribution in [2.75, 3.05) is 67.6 Å². The Hall–Kier alpha value is -2.28. The van der Waals surface area contributed by atoms with E-state index >= 15 is 0 Å². The van der Waals surface area contributed by atoms with E-state index in [1.54, 1.807) is 0 Å². The molecule has 2 atom stereocenters. The van der Waals surface area contributed by atoms with Gasteiger partial charge >= 0.3 is 11.9 Å². The van der Waals surface area contributed by atoms with Crippen molar-refractivity contribution in [3.05, 3.63) is 24.3 Å². The first-order valence-corrected chi connectivity index (χ1v) is 25.7. The molecule has 0 heterocycles. The van der Waals surface area contributed by atoms with Gasteiger partial charge in [-0.25, -0.2) is 0 Å². The van der Waals surface area contributed by atoms with Crippen molar-refractivity contribution in [2.45, 2.75) is 206 Å². The van der Waals surface area contributed by atoms with Crippen LogP contribution >= 0.6 is 24.4 Å². The van der Waals surface area contributed by atoms with Crippen LogP contribution in [0, 0.1) is 0 Å². The Bertz CT molecular complexity index is 1050. The van der Waals surface area contributed by atoms with Gasteiger partial charge < -0.3 is 39.4 Å². The number of carbonyl (C=O) groups is 2. The van der Waals surface area contributed by atoms with E-state index in [4.69, 9.17) is 43.4 Å². The lowest BCUT2D eigenvalue weighted by Crippen LogP contribution is -2.45. The topological polar surface area (TPSA) is 102 Å². The molecule has 0 fully saturated rings. The van der Waals surface area contributed by atoms with E-state index in [9.17, 15) is 9.59 Å². The fraction of sp³-hybridized carbons (Fsp3) is 0.840. The first-order valence-electron chi connectivity index (χ1n) is 24.9. The van der Waals surface area contributed by atoms with Crippen LogP contribution in [0.4, 0.5) is 0 Å². The molecule has 0 rings (SSSR count). The average Bonchev–Trinajstić information content (AvgIpc) is 3.23. The van der Waals surface area contributed by atoms with Crippen molar-refractivity contribution < 1.29 is 28.5 Å². The van der Waals surface area contributed by atoms with Crippen LogP contribution in [0.5, 0.6) is 0 Å². The van der Waals surface area contributed by atoms with Crippen LogP contribution in [0.1, 0.15) is 194 Å². The number of ether oxygens (including phenoxy) is 4. The zero-order valence-electron chi connectivity index (χ0n) is 40.7. The monoisotopic (exact) mass is 911 g/mol. The Morgan fingerprint density at radius 3 is 1.13 bits per heavy atom. The van der Waals surface area contributed by atoms with E-state index < -0.39 is 12.2 Å². The molecule has 2 unspecified atom stereocenters. The van der Waals surface area contributed by atoms with E-state index in [1.165, 1.54) is 77.0 Å². The van der Waals surface area contributed by atoms with Gasteiger partial charge in [0.25, 0.3) is 10.3 Å². The minimum absolute atomic E-state index is 0.117. The lowest BCUT2D eigenvalue weighted by Gasteiger charge is -2.28. The van der Waals surface area contributed by atoms with E-state index in [0.29, 0.717) is 25.9 Å². The second-order valence-corrected chi connectivity index (χ2v) is 18.1. The number of nitrogens with zero attached hydrogens (tertiary/aromatic N) is 2. The third kappa shape index (κ3) is 43.0. The molecule has 10 nitrogen and oxygen atoms in total.